The van der Waals surface area contributed by atoms with Gasteiger partial charge in [-0.05, 0) is 54.9 Å². The number of nitrogens with zero attached hydrogens (tertiary/aromatic N) is 7. The summed E-state index contributed by atoms with van der Waals surface area (Å²) in [5, 5.41) is 26.3. The molecule has 0 radical (unpaired) electrons. The number of hydrogen-bond donors (Lipinski definition) is 1. The molecule has 0 saturated heterocycles. The van der Waals surface area contributed by atoms with Gasteiger partial charge in [0.15, 0.2) is 17.2 Å². The van der Waals surface area contributed by atoms with E-state index in [0.29, 0.717) is 45.6 Å². The Hall–Kier alpha value is -6.30. The minimum absolute atomic E-state index is 0.181. The molecule has 0 fully saturated rings. The first-order chi connectivity index (χ1) is 28.1. The number of para-hydroxylation sites is 4. The summed E-state index contributed by atoms with van der Waals surface area (Å²) in [6.45, 7) is 27.7. The molecule has 0 saturated carbocycles. The Kier molecular flexibility index (Phi) is 19.9. The van der Waals surface area contributed by atoms with E-state index >= 15 is 0 Å². The molecular weight excluding hydrogens is 717 g/mol. The molecule has 2 aliphatic heterocycles. The number of aromatic nitrogens is 4. The van der Waals surface area contributed by atoms with Gasteiger partial charge in [-0.2, -0.15) is 14.9 Å². The maximum absolute atomic E-state index is 6.80. The molecule has 0 bridgehead atoms. The van der Waals surface area contributed by atoms with Crippen LogP contribution in [0.4, 0.5) is 22.7 Å². The third kappa shape index (κ3) is 10.9. The fourth-order valence-corrected chi connectivity index (χ4v) is 5.05. The van der Waals surface area contributed by atoms with Crippen LogP contribution in [0.5, 0.6) is 23.3 Å². The van der Waals surface area contributed by atoms with E-state index in [4.69, 9.17) is 24.0 Å². The van der Waals surface area contributed by atoms with Gasteiger partial charge in [0.25, 0.3) is 5.88 Å². The van der Waals surface area contributed by atoms with Crippen molar-refractivity contribution in [3.63, 3.8) is 0 Å². The van der Waals surface area contributed by atoms with E-state index < -0.39 is 6.16 Å². The molecule has 57 heavy (non-hydrogen) atoms. The van der Waals surface area contributed by atoms with Gasteiger partial charge in [0, 0.05) is 12.1 Å². The van der Waals surface area contributed by atoms with E-state index in [9.17, 15) is 0 Å². The number of fused-ring (bicyclic) bond motifs is 4. The molecule has 0 amide bonds. The zero-order valence-corrected chi connectivity index (χ0v) is 36.2. The van der Waals surface area contributed by atoms with Crippen LogP contribution in [0, 0.1) is 13.8 Å². The topological polar surface area (TPSA) is 124 Å². The van der Waals surface area contributed by atoms with Gasteiger partial charge in [-0.1, -0.05) is 144 Å². The van der Waals surface area contributed by atoms with Gasteiger partial charge < -0.3 is 18.9 Å². The Balaban J connectivity index is 0.000000859. The lowest BCUT2D eigenvalue weighted by Crippen LogP contribution is -2.55. The Morgan fingerprint density at radius 3 is 1.49 bits per heavy atom. The highest BCUT2D eigenvalue weighted by Crippen LogP contribution is 2.45. The van der Waals surface area contributed by atoms with Crippen molar-refractivity contribution >= 4 is 22.7 Å². The van der Waals surface area contributed by atoms with Gasteiger partial charge in [0.2, 0.25) is 11.4 Å². The van der Waals surface area contributed by atoms with E-state index in [1.807, 2.05) is 182 Å². The van der Waals surface area contributed by atoms with Gasteiger partial charge in [-0.25, -0.2) is 0 Å². The largest absolute Gasteiger partial charge is 0.616 e. The lowest BCUT2D eigenvalue weighted by atomic mass is 10.3. The van der Waals surface area contributed by atoms with E-state index in [1.165, 1.54) is 0 Å². The Morgan fingerprint density at radius 1 is 0.509 bits per heavy atom. The molecule has 0 aliphatic carbocycles. The van der Waals surface area contributed by atoms with Crippen molar-refractivity contribution in [3.05, 3.63) is 121 Å². The van der Waals surface area contributed by atoms with Crippen LogP contribution in [0.1, 0.15) is 94.5 Å². The standard InChI is InChI=1S/C33H24N8O4.6C2H6/c1-21-29-31(40(38-21)23-13-5-3-6-14-23)44-33(42-27-19-11-9-17-25(27)34-36-29)43-28-20-12-10-18-26(28)35-37-30-22(2)39-41(32(30)45-33)24-15-7-4-8-16-24;6*1-2/h3-20H,1-2H3;6*1-2H3/p+1. The average molecular weight is 778 g/mol. The van der Waals surface area contributed by atoms with Gasteiger partial charge in [-0.3, -0.25) is 0 Å². The van der Waals surface area contributed by atoms with Crippen LogP contribution >= 0.6 is 0 Å². The van der Waals surface area contributed by atoms with Gasteiger partial charge >= 0.3 is 12.0 Å². The second kappa shape index (κ2) is 24.3. The van der Waals surface area contributed by atoms with Gasteiger partial charge in [0.05, 0.1) is 11.4 Å². The predicted molar refractivity (Wildman–Crippen MR) is 230 cm³/mol. The summed E-state index contributed by atoms with van der Waals surface area (Å²) >= 11 is 0. The van der Waals surface area contributed by atoms with E-state index in [0.717, 1.165) is 11.4 Å². The van der Waals surface area contributed by atoms with Crippen LogP contribution in [-0.4, -0.2) is 21.0 Å². The molecule has 1 spiro atoms. The number of H-pyrrole nitrogens is 1. The molecular formula is C45H61N8O4+. The Labute approximate surface area is 339 Å². The Morgan fingerprint density at radius 2 is 0.965 bits per heavy atom. The van der Waals surface area contributed by atoms with Gasteiger partial charge in [-0.15, -0.1) is 20.5 Å². The molecule has 1 atom stereocenters. The second-order valence-electron chi connectivity index (χ2n) is 10.3. The fraction of sp³-hybridized carbons (Fsp3) is 0.333. The quantitative estimate of drug-likeness (QED) is 0.175. The van der Waals surface area contributed by atoms with E-state index in [2.05, 4.69) is 25.6 Å². The smallest absolute Gasteiger partial charge is 0.383 e. The van der Waals surface area contributed by atoms with Crippen molar-refractivity contribution in [1.29, 1.82) is 0 Å². The molecule has 4 heterocycles. The van der Waals surface area contributed by atoms with Gasteiger partial charge in [0.1, 0.15) is 17.1 Å². The van der Waals surface area contributed by atoms with Crippen LogP contribution in [0.15, 0.2) is 130 Å². The fourth-order valence-electron chi connectivity index (χ4n) is 5.05. The number of rotatable bonds is 2. The number of benzene rings is 4. The number of azo groups is 2. The number of ether oxygens (including phenoxy) is 4. The van der Waals surface area contributed by atoms with Crippen molar-refractivity contribution in [1.82, 2.24) is 14.9 Å². The van der Waals surface area contributed by atoms with E-state index in [-0.39, 0.29) is 11.8 Å². The van der Waals surface area contributed by atoms with Crippen molar-refractivity contribution in [2.24, 2.45) is 20.5 Å². The van der Waals surface area contributed by atoms with Crippen molar-refractivity contribution < 1.29 is 23.6 Å². The number of hydrogen-bond acceptors (Lipinski definition) is 9. The van der Waals surface area contributed by atoms with Crippen LogP contribution in [0.25, 0.3) is 11.4 Å². The molecule has 2 aliphatic rings. The Bertz CT molecular complexity index is 1960. The molecule has 304 valence electrons. The zero-order chi connectivity index (χ0) is 42.4. The summed E-state index contributed by atoms with van der Waals surface area (Å²) in [5.41, 5.74) is 4.39. The summed E-state index contributed by atoms with van der Waals surface area (Å²) in [6, 6.07) is 33.5. The van der Waals surface area contributed by atoms with E-state index in [1.54, 1.807) is 33.6 Å². The highest BCUT2D eigenvalue weighted by molar-refractivity contribution is 5.59. The van der Waals surface area contributed by atoms with Crippen LogP contribution in [0.2, 0.25) is 0 Å². The first-order valence-corrected chi connectivity index (χ1v) is 20.2. The number of aryl methyl sites for hydroxylation is 2. The minimum Gasteiger partial charge on any atom is -0.383 e. The molecule has 6 aromatic rings. The lowest BCUT2D eigenvalue weighted by molar-refractivity contribution is -0.668. The van der Waals surface area contributed by atoms with Crippen molar-refractivity contribution in [2.75, 3.05) is 0 Å². The summed E-state index contributed by atoms with van der Waals surface area (Å²) in [7, 11) is 0. The minimum atomic E-state index is -2.31. The van der Waals surface area contributed by atoms with Crippen molar-refractivity contribution in [2.45, 2.75) is 103 Å². The number of aromatic amines is 1. The predicted octanol–water partition coefficient (Wildman–Crippen LogP) is 13.9. The average Bonchev–Trinajstić information content (AvgIpc) is 3.81. The van der Waals surface area contributed by atoms with Crippen molar-refractivity contribution in [3.8, 4) is 34.6 Å². The summed E-state index contributed by atoms with van der Waals surface area (Å²) in [6.07, 6.45) is -2.31. The lowest BCUT2D eigenvalue weighted by Gasteiger charge is -2.30. The summed E-state index contributed by atoms with van der Waals surface area (Å²) < 4.78 is 30.2. The normalized spacial score (nSPS) is 13.6. The maximum atomic E-state index is 6.80. The third-order valence-electron chi connectivity index (χ3n) is 7.20. The molecule has 1 N–H and O–H groups in total. The highest BCUT2D eigenvalue weighted by Gasteiger charge is 2.51. The monoisotopic (exact) mass is 777 g/mol. The van der Waals surface area contributed by atoms with Crippen LogP contribution in [0.3, 0.4) is 0 Å². The second-order valence-corrected chi connectivity index (χ2v) is 10.3. The molecule has 4 aromatic carbocycles. The number of nitrogens with one attached hydrogen (secondary N) is 1. The molecule has 2 aromatic heterocycles. The van der Waals surface area contributed by atoms with Crippen LogP contribution in [-0.2, 0) is 0 Å². The zero-order valence-electron chi connectivity index (χ0n) is 36.2. The van der Waals surface area contributed by atoms with Crippen LogP contribution < -0.4 is 23.6 Å². The molecule has 8 rings (SSSR count). The molecule has 12 heteroatoms. The SMILES string of the molecule is CC.CC.CC.CC.CC.CC.Cc1nn(-c2ccccc2)c2c1N=Nc1ccccc1OC1(Oc3ccccc3N=Nc3c(C)[nH][n+](-c4ccccc4)c3O1)O2. The molecule has 1 unspecified atom stereocenters. The third-order valence-corrected chi connectivity index (χ3v) is 7.20. The first-order valence-electron chi connectivity index (χ1n) is 20.2. The summed E-state index contributed by atoms with van der Waals surface area (Å²) in [5.74, 6) is 1.01. The molecule has 12 nitrogen and oxygen atoms in total. The maximum Gasteiger partial charge on any atom is 0.616 e. The summed E-state index contributed by atoms with van der Waals surface area (Å²) in [4.78, 5) is 0. The highest BCUT2D eigenvalue weighted by atomic mass is 17.0. The first kappa shape index (κ1) is 46.9.